The van der Waals surface area contributed by atoms with Crippen molar-refractivity contribution < 1.29 is 9.94 Å². The molecule has 4 rings (SSSR count). The van der Waals surface area contributed by atoms with Crippen LogP contribution in [0.15, 0.2) is 16.8 Å². The summed E-state index contributed by atoms with van der Waals surface area (Å²) in [5.74, 6) is 5.57. The minimum absolute atomic E-state index is 0.0819. The van der Waals surface area contributed by atoms with E-state index in [1.165, 1.54) is 25.7 Å². The van der Waals surface area contributed by atoms with Gasteiger partial charge in [0.1, 0.15) is 12.7 Å². The summed E-state index contributed by atoms with van der Waals surface area (Å²) >= 11 is 0. The van der Waals surface area contributed by atoms with E-state index in [1.54, 1.807) is 12.7 Å². The second-order valence-corrected chi connectivity index (χ2v) is 8.60. The number of allylic oxidation sites excluding steroid dienone is 2. The summed E-state index contributed by atoms with van der Waals surface area (Å²) in [5.41, 5.74) is 1.72. The van der Waals surface area contributed by atoms with Crippen molar-refractivity contribution in [1.82, 2.24) is 0 Å². The van der Waals surface area contributed by atoms with Gasteiger partial charge in [0.25, 0.3) is 0 Å². The summed E-state index contributed by atoms with van der Waals surface area (Å²) in [6.45, 7) is 2.26. The Labute approximate surface area is 145 Å². The molecule has 0 spiro atoms. The fraction of sp³-hybridized carbons (Fsp3) is 0.762. The first-order valence-corrected chi connectivity index (χ1v) is 9.53. The van der Waals surface area contributed by atoms with Gasteiger partial charge in [0.05, 0.1) is 5.71 Å². The van der Waals surface area contributed by atoms with Crippen molar-refractivity contribution >= 4 is 5.71 Å². The molecule has 1 N–H and O–H groups in total. The monoisotopic (exact) mass is 327 g/mol. The number of nitrogens with zero attached hydrogens (tertiary/aromatic N) is 1. The van der Waals surface area contributed by atoms with E-state index < -0.39 is 5.60 Å². The molecule has 3 saturated carbocycles. The van der Waals surface area contributed by atoms with Gasteiger partial charge < -0.3 is 9.94 Å². The van der Waals surface area contributed by atoms with Crippen LogP contribution in [0.5, 0.6) is 0 Å². The number of aliphatic hydroxyl groups is 1. The van der Waals surface area contributed by atoms with Crippen LogP contribution in [0.25, 0.3) is 0 Å². The van der Waals surface area contributed by atoms with Gasteiger partial charge in [-0.05, 0) is 81.1 Å². The maximum atomic E-state index is 11.0. The molecule has 3 fully saturated rings. The third-order valence-electron chi connectivity index (χ3n) is 7.91. The molecular weight excluding hydrogens is 298 g/mol. The Balaban J connectivity index is 1.61. The molecule has 0 amide bonds. The number of oxime groups is 1. The van der Waals surface area contributed by atoms with Crippen molar-refractivity contribution in [3.8, 4) is 12.3 Å². The first-order chi connectivity index (χ1) is 11.5. The Hall–Kier alpha value is -1.27. The molecule has 0 aromatic rings. The van der Waals surface area contributed by atoms with Crippen LogP contribution in [0.4, 0.5) is 0 Å². The van der Waals surface area contributed by atoms with Crippen LogP contribution in [0.1, 0.15) is 58.3 Å². The van der Waals surface area contributed by atoms with E-state index in [-0.39, 0.29) is 5.41 Å². The SMILES string of the molecule is C#CC1(O)CCC2C3CCC4=C/C(=N/OC)CCC4C3CCC21C. The Kier molecular flexibility index (Phi) is 3.80. The predicted octanol–water partition coefficient (Wildman–Crippen LogP) is 3.93. The molecule has 130 valence electrons. The highest BCUT2D eigenvalue weighted by Gasteiger charge is 2.61. The first-order valence-electron chi connectivity index (χ1n) is 9.53. The van der Waals surface area contributed by atoms with Crippen molar-refractivity contribution in [1.29, 1.82) is 0 Å². The highest BCUT2D eigenvalue weighted by atomic mass is 16.6. The van der Waals surface area contributed by atoms with Gasteiger partial charge in [-0.25, -0.2) is 0 Å². The van der Waals surface area contributed by atoms with Crippen molar-refractivity contribution in [2.24, 2.45) is 34.2 Å². The number of hydrogen-bond donors (Lipinski definition) is 1. The molecule has 3 heteroatoms. The largest absolute Gasteiger partial charge is 0.399 e. The van der Waals surface area contributed by atoms with E-state index in [4.69, 9.17) is 11.3 Å². The molecule has 0 saturated heterocycles. The van der Waals surface area contributed by atoms with Crippen LogP contribution in [0.2, 0.25) is 0 Å². The zero-order valence-electron chi connectivity index (χ0n) is 14.9. The van der Waals surface area contributed by atoms with Crippen molar-refractivity contribution in [2.45, 2.75) is 63.9 Å². The van der Waals surface area contributed by atoms with E-state index in [2.05, 4.69) is 24.1 Å². The van der Waals surface area contributed by atoms with Gasteiger partial charge in [-0.15, -0.1) is 6.42 Å². The van der Waals surface area contributed by atoms with Gasteiger partial charge in [-0.3, -0.25) is 0 Å². The van der Waals surface area contributed by atoms with Gasteiger partial charge in [0.15, 0.2) is 0 Å². The molecule has 4 aliphatic rings. The van der Waals surface area contributed by atoms with E-state index in [9.17, 15) is 5.11 Å². The van der Waals surface area contributed by atoms with E-state index >= 15 is 0 Å². The van der Waals surface area contributed by atoms with Gasteiger partial charge in [-0.2, -0.15) is 0 Å². The average Bonchev–Trinajstić information content (AvgIpc) is 2.87. The highest BCUT2D eigenvalue weighted by molar-refractivity contribution is 5.96. The van der Waals surface area contributed by atoms with Gasteiger partial charge in [0.2, 0.25) is 0 Å². The van der Waals surface area contributed by atoms with Crippen LogP contribution in [0, 0.1) is 41.4 Å². The lowest BCUT2D eigenvalue weighted by Gasteiger charge is -2.54. The van der Waals surface area contributed by atoms with Gasteiger partial charge in [-0.1, -0.05) is 23.6 Å². The Morgan fingerprint density at radius 1 is 1.21 bits per heavy atom. The number of hydrogen-bond acceptors (Lipinski definition) is 3. The molecule has 6 atom stereocenters. The van der Waals surface area contributed by atoms with Crippen molar-refractivity contribution in [2.75, 3.05) is 7.11 Å². The first kappa shape index (κ1) is 16.2. The summed E-state index contributed by atoms with van der Waals surface area (Å²) in [6, 6.07) is 0. The Morgan fingerprint density at radius 3 is 2.79 bits per heavy atom. The van der Waals surface area contributed by atoms with Crippen LogP contribution >= 0.6 is 0 Å². The zero-order chi connectivity index (χ0) is 16.9. The predicted molar refractivity (Wildman–Crippen MR) is 95.3 cm³/mol. The standard InChI is InChI=1S/C21H29NO2/c1-4-21(23)12-10-19-18-7-5-14-13-15(22-24-3)6-8-16(14)17(18)9-11-20(19,21)2/h1,13,16-19,23H,5-12H2,2-3H3/b22-15+. The molecule has 0 bridgehead atoms. The molecule has 4 aliphatic carbocycles. The molecule has 0 aromatic heterocycles. The van der Waals surface area contributed by atoms with Crippen LogP contribution in [-0.2, 0) is 4.84 Å². The normalized spacial score (nSPS) is 48.8. The summed E-state index contributed by atoms with van der Waals surface area (Å²) in [7, 11) is 1.63. The topological polar surface area (TPSA) is 41.8 Å². The average molecular weight is 327 g/mol. The molecule has 0 aromatic carbocycles. The fourth-order valence-corrected chi connectivity index (χ4v) is 6.64. The Bertz CT molecular complexity index is 630. The quantitative estimate of drug-likeness (QED) is 0.586. The minimum Gasteiger partial charge on any atom is -0.399 e. The van der Waals surface area contributed by atoms with Gasteiger partial charge in [0, 0.05) is 5.41 Å². The fourth-order valence-electron chi connectivity index (χ4n) is 6.64. The molecule has 0 heterocycles. The van der Waals surface area contributed by atoms with E-state index in [0.29, 0.717) is 11.8 Å². The van der Waals surface area contributed by atoms with E-state index in [1.807, 2.05) is 0 Å². The summed E-state index contributed by atoms with van der Waals surface area (Å²) in [4.78, 5) is 4.97. The lowest BCUT2D eigenvalue weighted by molar-refractivity contribution is -0.0852. The third-order valence-corrected chi connectivity index (χ3v) is 7.91. The summed E-state index contributed by atoms with van der Waals surface area (Å²) < 4.78 is 0. The second kappa shape index (κ2) is 5.63. The summed E-state index contributed by atoms with van der Waals surface area (Å²) in [6.07, 6.45) is 16.9. The molecule has 3 nitrogen and oxygen atoms in total. The van der Waals surface area contributed by atoms with Crippen LogP contribution in [0.3, 0.4) is 0 Å². The van der Waals surface area contributed by atoms with Crippen LogP contribution in [-0.4, -0.2) is 23.5 Å². The zero-order valence-corrected chi connectivity index (χ0v) is 14.9. The molecular formula is C21H29NO2. The number of terminal acetylenes is 1. The lowest BCUT2D eigenvalue weighted by Crippen LogP contribution is -2.52. The molecule has 0 radical (unpaired) electrons. The van der Waals surface area contributed by atoms with Crippen LogP contribution < -0.4 is 0 Å². The maximum absolute atomic E-state index is 11.0. The van der Waals surface area contributed by atoms with Crippen molar-refractivity contribution in [3.05, 3.63) is 11.6 Å². The maximum Gasteiger partial charge on any atom is 0.130 e. The highest BCUT2D eigenvalue weighted by Crippen LogP contribution is 2.64. The lowest BCUT2D eigenvalue weighted by atomic mass is 9.50. The number of fused-ring (bicyclic) bond motifs is 5. The Morgan fingerprint density at radius 2 is 2.04 bits per heavy atom. The van der Waals surface area contributed by atoms with Crippen molar-refractivity contribution in [3.63, 3.8) is 0 Å². The van der Waals surface area contributed by atoms with Gasteiger partial charge >= 0.3 is 0 Å². The smallest absolute Gasteiger partial charge is 0.130 e. The number of rotatable bonds is 1. The third kappa shape index (κ3) is 2.12. The second-order valence-electron chi connectivity index (χ2n) is 8.60. The molecule has 6 unspecified atom stereocenters. The van der Waals surface area contributed by atoms with E-state index in [0.717, 1.165) is 43.2 Å². The summed E-state index contributed by atoms with van der Waals surface area (Å²) in [5, 5.41) is 15.2. The minimum atomic E-state index is -0.885. The molecule has 0 aliphatic heterocycles. The molecule has 24 heavy (non-hydrogen) atoms.